The largest absolute Gasteiger partial charge is 0.460 e. The van der Waals surface area contributed by atoms with Crippen molar-refractivity contribution >= 4 is 23.9 Å². The number of amides is 2. The summed E-state index contributed by atoms with van der Waals surface area (Å²) in [5.74, 6) is -2.09. The fourth-order valence-corrected chi connectivity index (χ4v) is 3.35. The van der Waals surface area contributed by atoms with Crippen molar-refractivity contribution < 1.29 is 33.4 Å². The summed E-state index contributed by atoms with van der Waals surface area (Å²) in [6, 6.07) is 15.7. The summed E-state index contributed by atoms with van der Waals surface area (Å²) in [6.07, 6.45) is -1.20. The van der Waals surface area contributed by atoms with Crippen LogP contribution in [0.2, 0.25) is 0 Å². The van der Waals surface area contributed by atoms with Gasteiger partial charge in [-0.1, -0.05) is 60.7 Å². The number of esters is 2. The average molecular weight is 527 g/mol. The van der Waals surface area contributed by atoms with Crippen molar-refractivity contribution in [2.75, 3.05) is 0 Å². The van der Waals surface area contributed by atoms with Crippen LogP contribution in [0.3, 0.4) is 0 Å². The molecule has 206 valence electrons. The number of nitrogens with one attached hydrogen (secondary N) is 2. The Balaban J connectivity index is 2.19. The SMILES string of the molecule is CC(C)(C)OC(=O)C[C@H](NC(=O)OCc1ccccc1)C(=O)N[C@@H](Cc1ccccc1)C(=O)OC(C)(C)C. The van der Waals surface area contributed by atoms with Gasteiger partial charge in [0, 0.05) is 6.42 Å². The maximum atomic E-state index is 13.3. The smallest absolute Gasteiger partial charge is 0.408 e. The van der Waals surface area contributed by atoms with Crippen molar-refractivity contribution in [3.05, 3.63) is 71.8 Å². The Morgan fingerprint density at radius 3 is 1.76 bits per heavy atom. The molecule has 2 amide bonds. The van der Waals surface area contributed by atoms with E-state index in [9.17, 15) is 19.2 Å². The predicted octanol–water partition coefficient (Wildman–Crippen LogP) is 4.08. The van der Waals surface area contributed by atoms with Gasteiger partial charge in [0.05, 0.1) is 6.42 Å². The summed E-state index contributed by atoms with van der Waals surface area (Å²) in [5.41, 5.74) is -0.0315. The zero-order valence-electron chi connectivity index (χ0n) is 22.9. The molecule has 0 aliphatic heterocycles. The summed E-state index contributed by atoms with van der Waals surface area (Å²) in [4.78, 5) is 51.4. The first-order chi connectivity index (χ1) is 17.7. The summed E-state index contributed by atoms with van der Waals surface area (Å²) in [7, 11) is 0. The fourth-order valence-electron chi connectivity index (χ4n) is 3.35. The van der Waals surface area contributed by atoms with Gasteiger partial charge in [0.15, 0.2) is 0 Å². The Kier molecular flexibility index (Phi) is 10.9. The minimum Gasteiger partial charge on any atom is -0.460 e. The topological polar surface area (TPSA) is 120 Å². The zero-order valence-corrected chi connectivity index (χ0v) is 22.9. The van der Waals surface area contributed by atoms with Gasteiger partial charge in [-0.3, -0.25) is 9.59 Å². The normalized spacial score (nSPS) is 13.0. The number of ether oxygens (including phenoxy) is 3. The third kappa shape index (κ3) is 11.9. The van der Waals surface area contributed by atoms with Crippen LogP contribution in [0.1, 0.15) is 59.1 Å². The molecule has 0 aliphatic rings. The van der Waals surface area contributed by atoms with E-state index in [1.54, 1.807) is 65.8 Å². The molecule has 0 saturated heterocycles. The minimum atomic E-state index is -1.35. The molecule has 2 aromatic carbocycles. The van der Waals surface area contributed by atoms with Crippen molar-refractivity contribution in [1.82, 2.24) is 10.6 Å². The van der Waals surface area contributed by atoms with Gasteiger partial charge in [-0.15, -0.1) is 0 Å². The first-order valence-electron chi connectivity index (χ1n) is 12.5. The summed E-state index contributed by atoms with van der Waals surface area (Å²) in [5, 5.41) is 5.08. The van der Waals surface area contributed by atoms with Crippen LogP contribution in [0, 0.1) is 0 Å². The fraction of sp³-hybridized carbons (Fsp3) is 0.448. The van der Waals surface area contributed by atoms with Crippen molar-refractivity contribution in [2.24, 2.45) is 0 Å². The lowest BCUT2D eigenvalue weighted by Crippen LogP contribution is -2.54. The lowest BCUT2D eigenvalue weighted by Gasteiger charge is -2.27. The molecule has 0 heterocycles. The number of carbonyl (C=O) groups is 4. The van der Waals surface area contributed by atoms with Crippen LogP contribution in [0.15, 0.2) is 60.7 Å². The van der Waals surface area contributed by atoms with E-state index in [4.69, 9.17) is 14.2 Å². The molecular weight excluding hydrogens is 488 g/mol. The van der Waals surface area contributed by atoms with Gasteiger partial charge in [0.2, 0.25) is 5.91 Å². The Morgan fingerprint density at radius 2 is 1.24 bits per heavy atom. The molecule has 0 bridgehead atoms. The van der Waals surface area contributed by atoms with E-state index < -0.39 is 53.6 Å². The third-order valence-corrected chi connectivity index (χ3v) is 4.90. The number of hydrogen-bond acceptors (Lipinski definition) is 7. The van der Waals surface area contributed by atoms with E-state index >= 15 is 0 Å². The first kappa shape index (κ1) is 30.3. The second kappa shape index (κ2) is 13.6. The molecule has 0 aromatic heterocycles. The third-order valence-electron chi connectivity index (χ3n) is 4.90. The standard InChI is InChI=1S/C29H38N2O7/c1-28(2,3)37-24(32)18-22(31-27(35)36-19-21-15-11-8-12-16-21)25(33)30-23(26(34)38-29(4,5)6)17-20-13-9-7-10-14-20/h7-16,22-23H,17-19H2,1-6H3,(H,30,33)(H,31,35)/t22-,23-/m0/s1. The number of alkyl carbamates (subject to hydrolysis) is 1. The van der Waals surface area contributed by atoms with Crippen LogP contribution >= 0.6 is 0 Å². The van der Waals surface area contributed by atoms with E-state index in [-0.39, 0.29) is 13.0 Å². The van der Waals surface area contributed by atoms with Gasteiger partial charge in [-0.2, -0.15) is 0 Å². The van der Waals surface area contributed by atoms with Crippen molar-refractivity contribution in [3.8, 4) is 0 Å². The zero-order chi connectivity index (χ0) is 28.3. The van der Waals surface area contributed by atoms with E-state index in [1.807, 2.05) is 36.4 Å². The Labute approximate surface area is 224 Å². The van der Waals surface area contributed by atoms with Crippen LogP contribution in [0.25, 0.3) is 0 Å². The van der Waals surface area contributed by atoms with E-state index in [1.165, 1.54) is 0 Å². The molecule has 0 fully saturated rings. The lowest BCUT2D eigenvalue weighted by molar-refractivity contribution is -0.159. The minimum absolute atomic E-state index is 0.0258. The molecule has 0 unspecified atom stereocenters. The van der Waals surface area contributed by atoms with Crippen molar-refractivity contribution in [2.45, 2.75) is 84.3 Å². The van der Waals surface area contributed by atoms with E-state index in [2.05, 4.69) is 10.6 Å². The molecule has 9 nitrogen and oxygen atoms in total. The molecule has 2 N–H and O–H groups in total. The Morgan fingerprint density at radius 1 is 0.711 bits per heavy atom. The Bertz CT molecular complexity index is 1070. The van der Waals surface area contributed by atoms with Gasteiger partial charge in [-0.25, -0.2) is 9.59 Å². The lowest BCUT2D eigenvalue weighted by atomic mass is 10.0. The van der Waals surface area contributed by atoms with Gasteiger partial charge in [0.1, 0.15) is 29.9 Å². The molecule has 0 spiro atoms. The maximum Gasteiger partial charge on any atom is 0.408 e. The van der Waals surface area contributed by atoms with Gasteiger partial charge >= 0.3 is 18.0 Å². The molecule has 0 radical (unpaired) electrons. The second-order valence-corrected chi connectivity index (χ2v) is 10.8. The van der Waals surface area contributed by atoms with Crippen LogP contribution in [0.5, 0.6) is 0 Å². The van der Waals surface area contributed by atoms with Crippen LogP contribution < -0.4 is 10.6 Å². The number of carbonyl (C=O) groups excluding carboxylic acids is 4. The highest BCUT2D eigenvalue weighted by molar-refractivity contribution is 5.92. The average Bonchev–Trinajstić information content (AvgIpc) is 2.81. The van der Waals surface area contributed by atoms with Crippen molar-refractivity contribution in [1.29, 1.82) is 0 Å². The molecular formula is C29H38N2O7. The maximum absolute atomic E-state index is 13.3. The van der Waals surface area contributed by atoms with E-state index in [0.717, 1.165) is 11.1 Å². The molecule has 2 aromatic rings. The summed E-state index contributed by atoms with van der Waals surface area (Å²) >= 11 is 0. The van der Waals surface area contributed by atoms with Crippen molar-refractivity contribution in [3.63, 3.8) is 0 Å². The molecule has 2 atom stereocenters. The predicted molar refractivity (Wildman–Crippen MR) is 142 cm³/mol. The highest BCUT2D eigenvalue weighted by Gasteiger charge is 2.32. The molecule has 38 heavy (non-hydrogen) atoms. The van der Waals surface area contributed by atoms with Gasteiger partial charge in [0.25, 0.3) is 0 Å². The number of rotatable bonds is 10. The molecule has 0 aliphatic carbocycles. The molecule has 2 rings (SSSR count). The van der Waals surface area contributed by atoms with Crippen LogP contribution in [0.4, 0.5) is 4.79 Å². The molecule has 0 saturated carbocycles. The highest BCUT2D eigenvalue weighted by Crippen LogP contribution is 2.13. The van der Waals surface area contributed by atoms with E-state index in [0.29, 0.717) is 0 Å². The second-order valence-electron chi connectivity index (χ2n) is 10.8. The Hall–Kier alpha value is -3.88. The number of hydrogen-bond donors (Lipinski definition) is 2. The highest BCUT2D eigenvalue weighted by atomic mass is 16.6. The van der Waals surface area contributed by atoms with Crippen LogP contribution in [-0.4, -0.2) is 47.2 Å². The van der Waals surface area contributed by atoms with Crippen LogP contribution in [-0.2, 0) is 41.6 Å². The quantitative estimate of drug-likeness (QED) is 0.354. The van der Waals surface area contributed by atoms with Gasteiger partial charge in [-0.05, 0) is 52.7 Å². The van der Waals surface area contributed by atoms with Gasteiger partial charge < -0.3 is 24.8 Å². The number of benzene rings is 2. The summed E-state index contributed by atoms with van der Waals surface area (Å²) < 4.78 is 16.1. The molecule has 9 heteroatoms. The monoisotopic (exact) mass is 526 g/mol. The summed E-state index contributed by atoms with van der Waals surface area (Å²) in [6.45, 7) is 10.2. The first-order valence-corrected chi connectivity index (χ1v) is 12.5.